The van der Waals surface area contributed by atoms with Crippen LogP contribution in [0.15, 0.2) is 82.6 Å². The zero-order chi connectivity index (χ0) is 25.1. The molecule has 0 spiro atoms. The quantitative estimate of drug-likeness (QED) is 0.454. The standard InChI is InChI=1S/C23H22Cl2N2O5S2/c1-16(17-8-11-19(12-9-17)33(2,29)30)26-23(28)15-27(18-10-13-21(24)22(25)14-18)34(31,32)20-6-4-3-5-7-20/h3-14,16H,15H2,1-2H3,(H,26,28)/t16-/m0/s1. The third-order valence-electron chi connectivity index (χ3n) is 5.00. The molecule has 3 aromatic carbocycles. The van der Waals surface area contributed by atoms with Crippen molar-refractivity contribution < 1.29 is 21.6 Å². The van der Waals surface area contributed by atoms with E-state index < -0.39 is 38.4 Å². The second-order valence-corrected chi connectivity index (χ2v) is 12.2. The molecule has 0 aliphatic carbocycles. The Morgan fingerprint density at radius 3 is 2.06 bits per heavy atom. The molecule has 0 heterocycles. The van der Waals surface area contributed by atoms with Crippen LogP contribution >= 0.6 is 23.2 Å². The van der Waals surface area contributed by atoms with E-state index in [2.05, 4.69) is 5.32 Å². The summed E-state index contributed by atoms with van der Waals surface area (Å²) in [4.78, 5) is 13.1. The predicted molar refractivity (Wildman–Crippen MR) is 134 cm³/mol. The maximum absolute atomic E-state index is 13.4. The van der Waals surface area contributed by atoms with Gasteiger partial charge in [0, 0.05) is 6.26 Å². The molecule has 0 radical (unpaired) electrons. The number of anilines is 1. The van der Waals surface area contributed by atoms with Crippen molar-refractivity contribution in [3.05, 3.63) is 88.4 Å². The van der Waals surface area contributed by atoms with Crippen LogP contribution in [0.4, 0.5) is 5.69 Å². The first-order valence-corrected chi connectivity index (χ1v) is 14.1. The van der Waals surface area contributed by atoms with Crippen molar-refractivity contribution >= 4 is 54.7 Å². The first-order chi connectivity index (χ1) is 15.9. The summed E-state index contributed by atoms with van der Waals surface area (Å²) >= 11 is 12.1. The highest BCUT2D eigenvalue weighted by molar-refractivity contribution is 7.93. The van der Waals surface area contributed by atoms with E-state index >= 15 is 0 Å². The molecular formula is C23H22Cl2N2O5S2. The van der Waals surface area contributed by atoms with E-state index in [1.54, 1.807) is 37.3 Å². The van der Waals surface area contributed by atoms with Gasteiger partial charge in [0.05, 0.1) is 31.6 Å². The summed E-state index contributed by atoms with van der Waals surface area (Å²) in [6.45, 7) is 1.20. The fourth-order valence-electron chi connectivity index (χ4n) is 3.18. The van der Waals surface area contributed by atoms with E-state index in [1.165, 1.54) is 42.5 Å². The molecule has 3 rings (SSSR count). The first-order valence-electron chi connectivity index (χ1n) is 10.0. The topological polar surface area (TPSA) is 101 Å². The smallest absolute Gasteiger partial charge is 0.264 e. The molecule has 0 fully saturated rings. The summed E-state index contributed by atoms with van der Waals surface area (Å²) in [6.07, 6.45) is 1.11. The Morgan fingerprint density at radius 1 is 0.882 bits per heavy atom. The molecule has 0 aliphatic heterocycles. The molecule has 1 amide bonds. The monoisotopic (exact) mass is 540 g/mol. The Morgan fingerprint density at radius 2 is 1.50 bits per heavy atom. The summed E-state index contributed by atoms with van der Waals surface area (Å²) in [5.74, 6) is -0.565. The minimum atomic E-state index is -4.10. The maximum atomic E-state index is 13.4. The summed E-state index contributed by atoms with van der Waals surface area (Å²) in [5, 5.41) is 3.14. The molecule has 0 saturated heterocycles. The highest BCUT2D eigenvalue weighted by Crippen LogP contribution is 2.30. The van der Waals surface area contributed by atoms with Crippen molar-refractivity contribution in [1.82, 2.24) is 5.32 Å². The van der Waals surface area contributed by atoms with E-state index in [1.807, 2.05) is 0 Å². The lowest BCUT2D eigenvalue weighted by molar-refractivity contribution is -0.120. The van der Waals surface area contributed by atoms with Gasteiger partial charge in [-0.25, -0.2) is 16.8 Å². The highest BCUT2D eigenvalue weighted by Gasteiger charge is 2.28. The van der Waals surface area contributed by atoms with Crippen LogP contribution in [0.2, 0.25) is 10.0 Å². The lowest BCUT2D eigenvalue weighted by atomic mass is 10.1. The van der Waals surface area contributed by atoms with Gasteiger partial charge in [-0.3, -0.25) is 9.10 Å². The van der Waals surface area contributed by atoms with Gasteiger partial charge in [0.1, 0.15) is 6.54 Å². The zero-order valence-corrected chi connectivity index (χ0v) is 21.4. The molecule has 7 nitrogen and oxygen atoms in total. The largest absolute Gasteiger partial charge is 0.348 e. The van der Waals surface area contributed by atoms with Gasteiger partial charge in [0.2, 0.25) is 5.91 Å². The van der Waals surface area contributed by atoms with Gasteiger partial charge in [0.15, 0.2) is 9.84 Å². The second kappa shape index (κ2) is 10.4. The fraction of sp³-hybridized carbons (Fsp3) is 0.174. The van der Waals surface area contributed by atoms with Gasteiger partial charge in [0.25, 0.3) is 10.0 Å². The molecule has 0 aromatic heterocycles. The molecule has 34 heavy (non-hydrogen) atoms. The lowest BCUT2D eigenvalue weighted by Crippen LogP contribution is -2.41. The number of sulfone groups is 1. The van der Waals surface area contributed by atoms with E-state index in [0.717, 1.165) is 10.6 Å². The van der Waals surface area contributed by atoms with Crippen molar-refractivity contribution in [3.63, 3.8) is 0 Å². The Kier molecular flexibility index (Phi) is 7.92. The number of nitrogens with zero attached hydrogens (tertiary/aromatic N) is 1. The summed E-state index contributed by atoms with van der Waals surface area (Å²) in [7, 11) is -7.44. The highest BCUT2D eigenvalue weighted by atomic mass is 35.5. The molecule has 11 heteroatoms. The number of carbonyl (C=O) groups is 1. The van der Waals surface area contributed by atoms with Crippen LogP contribution < -0.4 is 9.62 Å². The molecule has 0 aliphatic rings. The second-order valence-electron chi connectivity index (χ2n) is 7.55. The van der Waals surface area contributed by atoms with Crippen molar-refractivity contribution in [2.75, 3.05) is 17.1 Å². The number of nitrogens with one attached hydrogen (secondary N) is 1. The van der Waals surface area contributed by atoms with Crippen molar-refractivity contribution in [3.8, 4) is 0 Å². The summed E-state index contributed by atoms with van der Waals surface area (Å²) in [6, 6.07) is 17.6. The third kappa shape index (κ3) is 6.09. The number of hydrogen-bond donors (Lipinski definition) is 1. The normalized spacial score (nSPS) is 12.7. The van der Waals surface area contributed by atoms with Gasteiger partial charge < -0.3 is 5.32 Å². The van der Waals surface area contributed by atoms with Crippen molar-refractivity contribution in [1.29, 1.82) is 0 Å². The minimum Gasteiger partial charge on any atom is -0.348 e. The van der Waals surface area contributed by atoms with Crippen LogP contribution in [0.5, 0.6) is 0 Å². The number of benzene rings is 3. The average Bonchev–Trinajstić information content (AvgIpc) is 2.79. The minimum absolute atomic E-state index is 0.0123. The zero-order valence-electron chi connectivity index (χ0n) is 18.3. The average molecular weight is 541 g/mol. The van der Waals surface area contributed by atoms with Crippen molar-refractivity contribution in [2.24, 2.45) is 0 Å². The number of halogens is 2. The van der Waals surface area contributed by atoms with Crippen LogP contribution in [-0.4, -0.2) is 35.5 Å². The lowest BCUT2D eigenvalue weighted by Gasteiger charge is -2.25. The Balaban J connectivity index is 1.87. The molecule has 0 unspecified atom stereocenters. The molecule has 0 saturated carbocycles. The number of carbonyl (C=O) groups excluding carboxylic acids is 1. The maximum Gasteiger partial charge on any atom is 0.264 e. The van der Waals surface area contributed by atoms with Gasteiger partial charge in [-0.05, 0) is 55.0 Å². The first kappa shape index (κ1) is 26.0. The number of sulfonamides is 1. The molecule has 180 valence electrons. The molecule has 1 N–H and O–H groups in total. The number of hydrogen-bond acceptors (Lipinski definition) is 5. The Labute approximate surface area is 209 Å². The van der Waals surface area contributed by atoms with Gasteiger partial charge >= 0.3 is 0 Å². The van der Waals surface area contributed by atoms with Crippen LogP contribution in [0.1, 0.15) is 18.5 Å². The van der Waals surface area contributed by atoms with E-state index in [9.17, 15) is 21.6 Å². The van der Waals surface area contributed by atoms with E-state index in [-0.39, 0.29) is 25.5 Å². The van der Waals surface area contributed by atoms with Crippen LogP contribution in [-0.2, 0) is 24.7 Å². The number of rotatable bonds is 8. The van der Waals surface area contributed by atoms with E-state index in [0.29, 0.717) is 5.56 Å². The van der Waals surface area contributed by atoms with Crippen LogP contribution in [0.25, 0.3) is 0 Å². The molecule has 1 atom stereocenters. The van der Waals surface area contributed by atoms with Gasteiger partial charge in [-0.15, -0.1) is 0 Å². The molecular weight excluding hydrogens is 519 g/mol. The van der Waals surface area contributed by atoms with E-state index in [4.69, 9.17) is 23.2 Å². The predicted octanol–water partition coefficient (Wildman–Crippen LogP) is 4.47. The molecule has 0 bridgehead atoms. The fourth-order valence-corrected chi connectivity index (χ4v) is 5.54. The Hall–Kier alpha value is -2.59. The van der Waals surface area contributed by atoms with Crippen molar-refractivity contribution in [2.45, 2.75) is 22.8 Å². The summed E-state index contributed by atoms with van der Waals surface area (Å²) in [5.41, 5.74) is 0.839. The van der Waals surface area contributed by atoms with Gasteiger partial charge in [-0.2, -0.15) is 0 Å². The number of amides is 1. The summed E-state index contributed by atoms with van der Waals surface area (Å²) < 4.78 is 51.0. The van der Waals surface area contributed by atoms with Crippen LogP contribution in [0.3, 0.4) is 0 Å². The Bertz CT molecular complexity index is 1400. The SMILES string of the molecule is C[C@H](NC(=O)CN(c1ccc(Cl)c(Cl)c1)S(=O)(=O)c1ccccc1)c1ccc(S(C)(=O)=O)cc1. The molecule has 3 aromatic rings. The third-order valence-corrected chi connectivity index (χ3v) is 8.65. The van der Waals surface area contributed by atoms with Crippen LogP contribution in [0, 0.1) is 0 Å². The van der Waals surface area contributed by atoms with Gasteiger partial charge in [-0.1, -0.05) is 53.5 Å².